The largest absolute Gasteiger partial charge is 0.416 e. The summed E-state index contributed by atoms with van der Waals surface area (Å²) in [6.45, 7) is 0.691. The number of hydrogen-bond donors (Lipinski definition) is 1. The molecule has 1 aromatic heterocycles. The number of urea groups is 1. The predicted molar refractivity (Wildman–Crippen MR) is 121 cm³/mol. The van der Waals surface area contributed by atoms with E-state index in [1.807, 2.05) is 12.2 Å². The van der Waals surface area contributed by atoms with Crippen molar-refractivity contribution in [3.8, 4) is 0 Å². The Kier molecular flexibility index (Phi) is 6.61. The molecule has 2 amide bonds. The van der Waals surface area contributed by atoms with Gasteiger partial charge in [0.1, 0.15) is 11.4 Å². The van der Waals surface area contributed by atoms with Crippen molar-refractivity contribution in [1.82, 2.24) is 15.2 Å². The summed E-state index contributed by atoms with van der Waals surface area (Å²) < 4.78 is 55.4. The van der Waals surface area contributed by atoms with Crippen LogP contribution in [0.1, 0.15) is 22.4 Å². The summed E-state index contributed by atoms with van der Waals surface area (Å²) in [4.78, 5) is 19.1. The van der Waals surface area contributed by atoms with E-state index in [2.05, 4.69) is 10.3 Å². The highest BCUT2D eigenvalue weighted by atomic mass is 35.5. The Morgan fingerprint density at radius 2 is 1.68 bits per heavy atom. The summed E-state index contributed by atoms with van der Waals surface area (Å²) in [7, 11) is 0. The van der Waals surface area contributed by atoms with Gasteiger partial charge in [-0.3, -0.25) is 4.98 Å². The van der Waals surface area contributed by atoms with Gasteiger partial charge < -0.3 is 10.2 Å². The van der Waals surface area contributed by atoms with Gasteiger partial charge in [-0.05, 0) is 41.5 Å². The fourth-order valence-electron chi connectivity index (χ4n) is 3.96. The van der Waals surface area contributed by atoms with E-state index in [0.717, 1.165) is 12.1 Å². The van der Waals surface area contributed by atoms with Crippen LogP contribution >= 0.6 is 11.6 Å². The van der Waals surface area contributed by atoms with Gasteiger partial charge in [-0.15, -0.1) is 0 Å². The minimum absolute atomic E-state index is 0.0240. The molecule has 0 fully saturated rings. The summed E-state index contributed by atoms with van der Waals surface area (Å²) in [6, 6.07) is 13.7. The minimum atomic E-state index is -4.79. The van der Waals surface area contributed by atoms with E-state index in [9.17, 15) is 22.4 Å². The fourth-order valence-corrected chi connectivity index (χ4v) is 4.07. The fraction of sp³-hybridized carbons (Fsp3) is 0.200. The summed E-state index contributed by atoms with van der Waals surface area (Å²) in [6.07, 6.45) is 0.192. The molecule has 0 saturated heterocycles. The second kappa shape index (κ2) is 9.46. The maximum absolute atomic E-state index is 14.6. The lowest BCUT2D eigenvalue weighted by molar-refractivity contribution is -0.137. The lowest BCUT2D eigenvalue weighted by Crippen LogP contribution is -2.53. The molecule has 1 aliphatic heterocycles. The Morgan fingerprint density at radius 3 is 2.29 bits per heavy atom. The van der Waals surface area contributed by atoms with Gasteiger partial charge in [-0.25, -0.2) is 9.18 Å². The Labute approximate surface area is 198 Å². The van der Waals surface area contributed by atoms with E-state index >= 15 is 0 Å². The van der Waals surface area contributed by atoms with E-state index in [0.29, 0.717) is 29.7 Å². The number of benzene rings is 2. The molecule has 3 aromatic rings. The van der Waals surface area contributed by atoms with Crippen LogP contribution in [0.15, 0.2) is 79.0 Å². The zero-order valence-electron chi connectivity index (χ0n) is 17.8. The number of carbonyl (C=O) groups is 1. The van der Waals surface area contributed by atoms with Crippen LogP contribution in [0.4, 0.5) is 22.4 Å². The number of nitrogens with one attached hydrogen (secondary N) is 1. The molecule has 1 aliphatic rings. The van der Waals surface area contributed by atoms with E-state index in [1.165, 1.54) is 23.2 Å². The normalized spacial score (nSPS) is 15.3. The van der Waals surface area contributed by atoms with Crippen LogP contribution in [0.3, 0.4) is 0 Å². The minimum Gasteiger partial charge on any atom is -0.322 e. The van der Waals surface area contributed by atoms with Crippen molar-refractivity contribution in [2.45, 2.75) is 18.1 Å². The standard InChI is InChI=1S/C25H20ClF4N3O/c26-20-8-9-22(31-16-20)24(15-17-6-2-1-3-7-17,32-23(34)33-10-4-5-11-33)18-12-19(25(28,29)30)14-21(27)13-18/h1-9,12-14,16H,10-11,15H2,(H,32,34). The molecule has 34 heavy (non-hydrogen) atoms. The first kappa shape index (κ1) is 23.8. The van der Waals surface area contributed by atoms with E-state index in [4.69, 9.17) is 11.6 Å². The first-order chi connectivity index (χ1) is 16.2. The lowest BCUT2D eigenvalue weighted by Gasteiger charge is -2.37. The predicted octanol–water partition coefficient (Wildman–Crippen LogP) is 5.96. The number of hydrogen-bond acceptors (Lipinski definition) is 2. The molecular formula is C25H20ClF4N3O. The molecule has 176 valence electrons. The summed E-state index contributed by atoms with van der Waals surface area (Å²) in [5, 5.41) is 3.19. The molecular weight excluding hydrogens is 470 g/mol. The van der Waals surface area contributed by atoms with Crippen molar-refractivity contribution in [1.29, 1.82) is 0 Å². The topological polar surface area (TPSA) is 45.2 Å². The van der Waals surface area contributed by atoms with Gasteiger partial charge >= 0.3 is 12.2 Å². The molecule has 4 nitrogen and oxygen atoms in total. The van der Waals surface area contributed by atoms with Gasteiger partial charge in [0.25, 0.3) is 0 Å². The number of carbonyl (C=O) groups excluding carboxylic acids is 1. The van der Waals surface area contributed by atoms with Crippen molar-refractivity contribution >= 4 is 17.6 Å². The average molecular weight is 490 g/mol. The number of nitrogens with zero attached hydrogens (tertiary/aromatic N) is 2. The number of amides is 2. The molecule has 1 unspecified atom stereocenters. The third-order valence-corrected chi connectivity index (χ3v) is 5.84. The van der Waals surface area contributed by atoms with Crippen LogP contribution in [0.5, 0.6) is 0 Å². The SMILES string of the molecule is O=C(NC(Cc1ccccc1)(c1cc(F)cc(C(F)(F)F)c1)c1ccc(Cl)cn1)N1CC=CC1. The average Bonchev–Trinajstić information content (AvgIpc) is 3.34. The van der Waals surface area contributed by atoms with E-state index in [-0.39, 0.29) is 17.7 Å². The zero-order valence-corrected chi connectivity index (χ0v) is 18.6. The van der Waals surface area contributed by atoms with Crippen LogP contribution in [-0.4, -0.2) is 29.0 Å². The Hall–Kier alpha value is -3.39. The Balaban J connectivity index is 1.94. The molecule has 4 rings (SSSR count). The van der Waals surface area contributed by atoms with Crippen LogP contribution in [0.25, 0.3) is 0 Å². The molecule has 0 aliphatic carbocycles. The van der Waals surface area contributed by atoms with Crippen LogP contribution in [0.2, 0.25) is 5.02 Å². The quantitative estimate of drug-likeness (QED) is 0.355. The van der Waals surface area contributed by atoms with Crippen LogP contribution in [0, 0.1) is 5.82 Å². The highest BCUT2D eigenvalue weighted by molar-refractivity contribution is 6.30. The lowest BCUT2D eigenvalue weighted by atomic mass is 9.79. The highest BCUT2D eigenvalue weighted by Gasteiger charge is 2.41. The Bertz CT molecular complexity index is 1190. The smallest absolute Gasteiger partial charge is 0.322 e. The molecule has 2 heterocycles. The highest BCUT2D eigenvalue weighted by Crippen LogP contribution is 2.38. The Morgan fingerprint density at radius 1 is 1.00 bits per heavy atom. The van der Waals surface area contributed by atoms with Crippen LogP contribution in [-0.2, 0) is 18.1 Å². The summed E-state index contributed by atoms with van der Waals surface area (Å²) >= 11 is 6.01. The maximum Gasteiger partial charge on any atom is 0.416 e. The number of halogens is 5. The summed E-state index contributed by atoms with van der Waals surface area (Å²) in [5.41, 5.74) is -1.94. The van der Waals surface area contributed by atoms with E-state index in [1.54, 1.807) is 30.3 Å². The number of alkyl halides is 3. The van der Waals surface area contributed by atoms with Gasteiger partial charge in [0.15, 0.2) is 0 Å². The second-order valence-electron chi connectivity index (χ2n) is 7.96. The molecule has 0 bridgehead atoms. The summed E-state index contributed by atoms with van der Waals surface area (Å²) in [5.74, 6) is -1.08. The number of pyridine rings is 1. The van der Waals surface area contributed by atoms with Crippen molar-refractivity contribution in [3.05, 3.63) is 112 Å². The molecule has 0 saturated carbocycles. The van der Waals surface area contributed by atoms with Gasteiger partial charge in [0.05, 0.1) is 16.3 Å². The third-order valence-electron chi connectivity index (χ3n) is 5.62. The molecule has 1 N–H and O–H groups in total. The van der Waals surface area contributed by atoms with Gasteiger partial charge in [-0.2, -0.15) is 13.2 Å². The monoisotopic (exact) mass is 489 g/mol. The third kappa shape index (κ3) is 5.07. The van der Waals surface area contributed by atoms with Gasteiger partial charge in [0.2, 0.25) is 0 Å². The first-order valence-corrected chi connectivity index (χ1v) is 10.8. The molecule has 1 atom stereocenters. The van der Waals surface area contributed by atoms with E-state index < -0.39 is 29.1 Å². The molecule has 2 aromatic carbocycles. The molecule has 0 radical (unpaired) electrons. The molecule has 0 spiro atoms. The van der Waals surface area contributed by atoms with Crippen molar-refractivity contribution in [2.24, 2.45) is 0 Å². The van der Waals surface area contributed by atoms with Crippen molar-refractivity contribution in [2.75, 3.05) is 13.1 Å². The maximum atomic E-state index is 14.6. The van der Waals surface area contributed by atoms with Crippen molar-refractivity contribution < 1.29 is 22.4 Å². The molecule has 9 heteroatoms. The second-order valence-corrected chi connectivity index (χ2v) is 8.40. The van der Waals surface area contributed by atoms with Crippen molar-refractivity contribution in [3.63, 3.8) is 0 Å². The van der Waals surface area contributed by atoms with Gasteiger partial charge in [0, 0.05) is 25.7 Å². The van der Waals surface area contributed by atoms with Crippen LogP contribution < -0.4 is 5.32 Å². The van der Waals surface area contributed by atoms with Gasteiger partial charge in [-0.1, -0.05) is 54.1 Å². The zero-order chi connectivity index (χ0) is 24.3. The first-order valence-electron chi connectivity index (χ1n) is 10.4. The number of rotatable bonds is 5. The number of aromatic nitrogens is 1.